The van der Waals surface area contributed by atoms with Gasteiger partial charge in [0, 0.05) is 4.83 Å². The van der Waals surface area contributed by atoms with E-state index in [1.54, 1.807) is 6.08 Å². The van der Waals surface area contributed by atoms with Crippen LogP contribution in [0.4, 0.5) is 0 Å². The van der Waals surface area contributed by atoms with Crippen molar-refractivity contribution < 1.29 is 4.74 Å². The van der Waals surface area contributed by atoms with Crippen LogP contribution in [0.1, 0.15) is 39.0 Å². The Kier molecular flexibility index (Phi) is 8.53. The standard InChI is InChI=1S/C16H22BrClO/c1-3-5-7-12-16-14(18)10-8-6-9-11-15(19-16)13(17)4-2/h1,5-8,13-16H,4,9-12H2,2H3/b7-5+,8-6-/t13-,14-,15+,16-/m0/s1. The number of ether oxygens (including phenoxy) is 1. The van der Waals surface area contributed by atoms with Crippen LogP contribution in [0.2, 0.25) is 0 Å². The molecule has 0 aromatic heterocycles. The van der Waals surface area contributed by atoms with E-state index in [2.05, 4.69) is 40.9 Å². The van der Waals surface area contributed by atoms with Crippen molar-refractivity contribution in [3.05, 3.63) is 24.3 Å². The topological polar surface area (TPSA) is 9.23 Å². The lowest BCUT2D eigenvalue weighted by molar-refractivity contribution is -0.0149. The highest BCUT2D eigenvalue weighted by Crippen LogP contribution is 2.26. The van der Waals surface area contributed by atoms with Gasteiger partial charge in [0.25, 0.3) is 0 Å². The van der Waals surface area contributed by atoms with E-state index in [-0.39, 0.29) is 17.6 Å². The van der Waals surface area contributed by atoms with Crippen molar-refractivity contribution in [3.8, 4) is 12.3 Å². The quantitative estimate of drug-likeness (QED) is 0.402. The summed E-state index contributed by atoms with van der Waals surface area (Å²) in [6.45, 7) is 2.16. The van der Waals surface area contributed by atoms with Crippen molar-refractivity contribution in [1.29, 1.82) is 0 Å². The predicted molar refractivity (Wildman–Crippen MR) is 86.9 cm³/mol. The third kappa shape index (κ3) is 6.17. The zero-order valence-corrected chi connectivity index (χ0v) is 13.7. The van der Waals surface area contributed by atoms with Crippen molar-refractivity contribution in [2.75, 3.05) is 0 Å². The molecule has 1 aliphatic rings. The van der Waals surface area contributed by atoms with Gasteiger partial charge >= 0.3 is 0 Å². The molecule has 0 spiro atoms. The minimum atomic E-state index is -0.00386. The second-order valence-corrected chi connectivity index (χ2v) is 6.48. The van der Waals surface area contributed by atoms with E-state index in [0.29, 0.717) is 4.83 Å². The molecule has 0 aliphatic carbocycles. The molecule has 0 fully saturated rings. The van der Waals surface area contributed by atoms with Crippen LogP contribution in [0.15, 0.2) is 24.3 Å². The Morgan fingerprint density at radius 1 is 1.58 bits per heavy atom. The first-order valence-corrected chi connectivity index (χ1v) is 8.24. The first-order valence-electron chi connectivity index (χ1n) is 6.88. The average Bonchev–Trinajstić information content (AvgIpc) is 2.50. The van der Waals surface area contributed by atoms with Crippen molar-refractivity contribution in [2.45, 2.75) is 61.4 Å². The molecule has 1 rings (SSSR count). The maximum absolute atomic E-state index is 6.45. The number of halogens is 2. The van der Waals surface area contributed by atoms with Crippen LogP contribution in [0.5, 0.6) is 0 Å². The van der Waals surface area contributed by atoms with Gasteiger partial charge in [-0.15, -0.1) is 18.0 Å². The van der Waals surface area contributed by atoms with E-state index in [0.717, 1.165) is 32.1 Å². The third-order valence-corrected chi connectivity index (χ3v) is 4.97. The summed E-state index contributed by atoms with van der Waals surface area (Å²) in [4.78, 5) is 0.377. The van der Waals surface area contributed by atoms with Crippen LogP contribution in [0.3, 0.4) is 0 Å². The highest BCUT2D eigenvalue weighted by Gasteiger charge is 2.26. The second-order valence-electron chi connectivity index (χ2n) is 4.74. The Labute approximate surface area is 130 Å². The largest absolute Gasteiger partial charge is 0.372 e. The zero-order valence-electron chi connectivity index (χ0n) is 11.4. The van der Waals surface area contributed by atoms with Crippen molar-refractivity contribution in [2.24, 2.45) is 0 Å². The molecule has 3 heteroatoms. The predicted octanol–water partition coefficient (Wildman–Crippen LogP) is 4.84. The lowest BCUT2D eigenvalue weighted by Gasteiger charge is -2.29. The molecule has 0 N–H and O–H groups in total. The van der Waals surface area contributed by atoms with Crippen LogP contribution >= 0.6 is 27.5 Å². The molecule has 0 saturated carbocycles. The Morgan fingerprint density at radius 3 is 3.05 bits per heavy atom. The van der Waals surface area contributed by atoms with Crippen LogP contribution in [0, 0.1) is 12.3 Å². The van der Waals surface area contributed by atoms with Crippen LogP contribution < -0.4 is 0 Å². The van der Waals surface area contributed by atoms with E-state index >= 15 is 0 Å². The van der Waals surface area contributed by atoms with E-state index in [1.807, 2.05) is 6.08 Å². The number of hydrogen-bond donors (Lipinski definition) is 0. The molecule has 0 bridgehead atoms. The summed E-state index contributed by atoms with van der Waals surface area (Å²) in [7, 11) is 0. The lowest BCUT2D eigenvalue weighted by Crippen LogP contribution is -2.33. The Bertz CT molecular complexity index is 345. The maximum atomic E-state index is 6.45. The van der Waals surface area contributed by atoms with Crippen molar-refractivity contribution in [3.63, 3.8) is 0 Å². The molecule has 1 aliphatic heterocycles. The van der Waals surface area contributed by atoms with Gasteiger partial charge in [-0.05, 0) is 38.2 Å². The highest BCUT2D eigenvalue weighted by molar-refractivity contribution is 9.09. The van der Waals surface area contributed by atoms with Crippen LogP contribution in [-0.2, 0) is 4.74 Å². The van der Waals surface area contributed by atoms with Gasteiger partial charge < -0.3 is 4.74 Å². The van der Waals surface area contributed by atoms with Gasteiger partial charge in [0.05, 0.1) is 17.6 Å². The number of alkyl halides is 2. The summed E-state index contributed by atoms with van der Waals surface area (Å²) < 4.78 is 6.24. The first-order chi connectivity index (χ1) is 9.19. The van der Waals surface area contributed by atoms with Crippen molar-refractivity contribution in [1.82, 2.24) is 0 Å². The molecule has 0 saturated heterocycles. The summed E-state index contributed by atoms with van der Waals surface area (Å²) >= 11 is 10.2. The van der Waals surface area contributed by atoms with E-state index in [9.17, 15) is 0 Å². The Morgan fingerprint density at radius 2 is 2.37 bits per heavy atom. The molecular formula is C16H22BrClO. The summed E-state index contributed by atoms with van der Waals surface area (Å²) in [5, 5.41) is -0.00386. The Hall–Kier alpha value is -0.230. The minimum absolute atomic E-state index is 0.00386. The summed E-state index contributed by atoms with van der Waals surface area (Å²) in [5.74, 6) is 2.51. The van der Waals surface area contributed by atoms with Crippen LogP contribution in [0.25, 0.3) is 0 Å². The fourth-order valence-corrected chi connectivity index (χ4v) is 2.79. The second kappa shape index (κ2) is 9.64. The minimum Gasteiger partial charge on any atom is -0.372 e. The normalized spacial score (nSPS) is 32.0. The fraction of sp³-hybridized carbons (Fsp3) is 0.625. The van der Waals surface area contributed by atoms with Gasteiger partial charge in [-0.1, -0.05) is 47.0 Å². The fourth-order valence-electron chi connectivity index (χ4n) is 2.14. The molecule has 1 nitrogen and oxygen atoms in total. The SMILES string of the molecule is C#C/C=C/C[C@@H]1O[C@@H]([C@@H](Br)CC)CC/C=C\C[C@@H]1Cl. The average molecular weight is 346 g/mol. The Balaban J connectivity index is 2.73. The number of terminal acetylenes is 1. The molecule has 0 unspecified atom stereocenters. The molecule has 19 heavy (non-hydrogen) atoms. The van der Waals surface area contributed by atoms with Gasteiger partial charge in [0.1, 0.15) is 0 Å². The molecule has 0 amide bonds. The van der Waals surface area contributed by atoms with E-state index in [1.165, 1.54) is 0 Å². The smallest absolute Gasteiger partial charge is 0.0780 e. The summed E-state index contributed by atoms with van der Waals surface area (Å²) in [6.07, 6.45) is 18.3. The van der Waals surface area contributed by atoms with E-state index in [4.69, 9.17) is 22.8 Å². The van der Waals surface area contributed by atoms with Crippen LogP contribution in [-0.4, -0.2) is 22.4 Å². The molecule has 1 heterocycles. The van der Waals surface area contributed by atoms with Gasteiger partial charge in [-0.3, -0.25) is 0 Å². The van der Waals surface area contributed by atoms with E-state index < -0.39 is 0 Å². The molecule has 0 aromatic rings. The zero-order chi connectivity index (χ0) is 14.1. The molecular weight excluding hydrogens is 324 g/mol. The molecule has 106 valence electrons. The number of allylic oxidation sites excluding steroid dienone is 3. The first kappa shape index (κ1) is 16.8. The highest BCUT2D eigenvalue weighted by atomic mass is 79.9. The molecule has 0 radical (unpaired) electrons. The van der Waals surface area contributed by atoms with Gasteiger partial charge in [0.15, 0.2) is 0 Å². The van der Waals surface area contributed by atoms with Gasteiger partial charge in [-0.25, -0.2) is 0 Å². The summed E-state index contributed by atoms with van der Waals surface area (Å²) in [5.41, 5.74) is 0. The summed E-state index contributed by atoms with van der Waals surface area (Å²) in [6, 6.07) is 0. The third-order valence-electron chi connectivity index (χ3n) is 3.27. The lowest BCUT2D eigenvalue weighted by atomic mass is 10.1. The molecule has 4 atom stereocenters. The number of hydrogen-bond acceptors (Lipinski definition) is 1. The van der Waals surface area contributed by atoms with Gasteiger partial charge in [0.2, 0.25) is 0 Å². The monoisotopic (exact) mass is 344 g/mol. The number of rotatable bonds is 4. The maximum Gasteiger partial charge on any atom is 0.0780 e. The van der Waals surface area contributed by atoms with Crippen molar-refractivity contribution >= 4 is 27.5 Å². The van der Waals surface area contributed by atoms with Gasteiger partial charge in [-0.2, -0.15) is 0 Å². The molecule has 0 aromatic carbocycles.